The molecule has 0 bridgehead atoms. The van der Waals surface area contributed by atoms with Crippen LogP contribution in [0.5, 0.6) is 5.75 Å². The molecule has 0 aliphatic rings. The van der Waals surface area contributed by atoms with Crippen molar-refractivity contribution in [3.63, 3.8) is 0 Å². The summed E-state index contributed by atoms with van der Waals surface area (Å²) in [5.74, 6) is -1.42. The van der Waals surface area contributed by atoms with Gasteiger partial charge in [0.15, 0.2) is 11.6 Å². The average Bonchev–Trinajstić information content (AvgIpc) is 2.96. The molecule has 0 aliphatic carbocycles. The number of halogens is 3. The summed E-state index contributed by atoms with van der Waals surface area (Å²) in [5.41, 5.74) is 2.11. The normalized spacial score (nSPS) is 10.6. The first-order valence-corrected chi connectivity index (χ1v) is 8.57. The molecule has 0 fully saturated rings. The first-order valence-electron chi connectivity index (χ1n) is 7.78. The molecule has 2 N–H and O–H groups in total. The predicted molar refractivity (Wildman–Crippen MR) is 102 cm³/mol. The van der Waals surface area contributed by atoms with Gasteiger partial charge in [0, 0.05) is 30.1 Å². The fourth-order valence-corrected chi connectivity index (χ4v) is 3.11. The third-order valence-electron chi connectivity index (χ3n) is 3.78. The smallest absolute Gasteiger partial charge is 0.323 e. The summed E-state index contributed by atoms with van der Waals surface area (Å²) in [5, 5.41) is 9.28. The molecule has 0 atom stereocenters. The minimum atomic E-state index is -1.04. The molecule has 1 heterocycles. The highest BCUT2D eigenvalue weighted by Gasteiger charge is 2.15. The molecular formula is C18H15BrF2N4O2. The number of methoxy groups -OCH3 is 1. The van der Waals surface area contributed by atoms with Gasteiger partial charge >= 0.3 is 6.03 Å². The number of hydrogen-bond donors (Lipinski definition) is 2. The van der Waals surface area contributed by atoms with E-state index in [1.807, 2.05) is 0 Å². The van der Waals surface area contributed by atoms with Crippen molar-refractivity contribution in [2.75, 3.05) is 17.7 Å². The van der Waals surface area contributed by atoms with Gasteiger partial charge in [-0.1, -0.05) is 0 Å². The Morgan fingerprint density at radius 3 is 2.37 bits per heavy atom. The number of carbonyl (C=O) groups excluding carboxylic acids is 1. The van der Waals surface area contributed by atoms with Gasteiger partial charge in [0.2, 0.25) is 0 Å². The van der Waals surface area contributed by atoms with E-state index in [9.17, 15) is 13.6 Å². The number of rotatable bonds is 4. The Morgan fingerprint density at radius 2 is 1.78 bits per heavy atom. The third-order valence-corrected chi connectivity index (χ3v) is 4.36. The van der Waals surface area contributed by atoms with Crippen LogP contribution < -0.4 is 15.4 Å². The van der Waals surface area contributed by atoms with Crippen LogP contribution in [0.15, 0.2) is 47.1 Å². The summed E-state index contributed by atoms with van der Waals surface area (Å²) in [6.45, 7) is 0. The molecule has 2 amide bonds. The van der Waals surface area contributed by atoms with Crippen molar-refractivity contribution in [1.29, 1.82) is 0 Å². The minimum Gasteiger partial charge on any atom is -0.496 e. The lowest BCUT2D eigenvalue weighted by Crippen LogP contribution is -2.19. The van der Waals surface area contributed by atoms with Crippen LogP contribution in [0, 0.1) is 11.6 Å². The zero-order chi connectivity index (χ0) is 19.6. The fraction of sp³-hybridized carbons (Fsp3) is 0.111. The van der Waals surface area contributed by atoms with Crippen molar-refractivity contribution >= 4 is 33.3 Å². The fourth-order valence-electron chi connectivity index (χ4n) is 2.55. The molecule has 27 heavy (non-hydrogen) atoms. The van der Waals surface area contributed by atoms with Crippen LogP contribution in [0.4, 0.5) is 25.0 Å². The zero-order valence-corrected chi connectivity index (χ0v) is 16.0. The van der Waals surface area contributed by atoms with Gasteiger partial charge in [-0.25, -0.2) is 13.6 Å². The maximum absolute atomic E-state index is 13.3. The Bertz CT molecular complexity index is 988. The molecule has 0 saturated heterocycles. The van der Waals surface area contributed by atoms with E-state index in [4.69, 9.17) is 4.74 Å². The van der Waals surface area contributed by atoms with Crippen LogP contribution in [0.1, 0.15) is 0 Å². The average molecular weight is 437 g/mol. The summed E-state index contributed by atoms with van der Waals surface area (Å²) >= 11 is 3.44. The number of nitrogens with zero attached hydrogens (tertiary/aromatic N) is 2. The van der Waals surface area contributed by atoms with Gasteiger partial charge in [-0.15, -0.1) is 0 Å². The first kappa shape index (κ1) is 18.8. The number of carbonyl (C=O) groups is 1. The van der Waals surface area contributed by atoms with Gasteiger partial charge < -0.3 is 15.4 Å². The Morgan fingerprint density at radius 1 is 1.11 bits per heavy atom. The molecule has 0 unspecified atom stereocenters. The number of nitrogens with one attached hydrogen (secondary N) is 2. The lowest BCUT2D eigenvalue weighted by Gasteiger charge is -2.13. The van der Waals surface area contributed by atoms with Gasteiger partial charge in [0.1, 0.15) is 5.75 Å². The summed E-state index contributed by atoms with van der Waals surface area (Å²) in [4.78, 5) is 12.2. The third kappa shape index (κ3) is 4.08. The van der Waals surface area contributed by atoms with Crippen LogP contribution in [0.25, 0.3) is 11.3 Å². The second-order valence-corrected chi connectivity index (χ2v) is 6.44. The highest BCUT2D eigenvalue weighted by Crippen LogP contribution is 2.36. The summed E-state index contributed by atoms with van der Waals surface area (Å²) in [7, 11) is 3.33. The van der Waals surface area contributed by atoms with Crippen molar-refractivity contribution in [3.05, 3.63) is 58.7 Å². The number of amides is 2. The Hall–Kier alpha value is -2.94. The largest absolute Gasteiger partial charge is 0.496 e. The van der Waals surface area contributed by atoms with E-state index in [1.54, 1.807) is 43.2 Å². The van der Waals surface area contributed by atoms with Gasteiger partial charge in [0.05, 0.1) is 23.5 Å². The maximum Gasteiger partial charge on any atom is 0.323 e. The molecule has 9 heteroatoms. The van der Waals surface area contributed by atoms with Crippen molar-refractivity contribution in [3.8, 4) is 17.0 Å². The van der Waals surface area contributed by atoms with Crippen LogP contribution in [0.2, 0.25) is 0 Å². The van der Waals surface area contributed by atoms with E-state index in [1.165, 1.54) is 6.07 Å². The van der Waals surface area contributed by atoms with Crippen molar-refractivity contribution < 1.29 is 18.3 Å². The Balaban J connectivity index is 1.84. The van der Waals surface area contributed by atoms with E-state index >= 15 is 0 Å². The molecule has 0 aliphatic heterocycles. The molecule has 0 spiro atoms. The zero-order valence-electron chi connectivity index (χ0n) is 14.4. The molecule has 0 radical (unpaired) electrons. The number of benzene rings is 2. The van der Waals surface area contributed by atoms with E-state index < -0.39 is 17.7 Å². The summed E-state index contributed by atoms with van der Waals surface area (Å²) < 4.78 is 34.1. The van der Waals surface area contributed by atoms with Crippen LogP contribution in [-0.4, -0.2) is 22.9 Å². The quantitative estimate of drug-likeness (QED) is 0.618. The monoisotopic (exact) mass is 436 g/mol. The SMILES string of the molecule is COc1ccc(NC(=O)Nc2ccc(F)c(F)c2)cc1-c1c(Br)cnn1C. The molecule has 3 aromatic rings. The number of aryl methyl sites for hydroxylation is 1. The summed E-state index contributed by atoms with van der Waals surface area (Å²) in [6, 6.07) is 7.62. The van der Waals surface area contributed by atoms with Gasteiger partial charge in [-0.3, -0.25) is 4.68 Å². The van der Waals surface area contributed by atoms with E-state index in [2.05, 4.69) is 31.7 Å². The number of ether oxygens (including phenoxy) is 1. The number of anilines is 2. The van der Waals surface area contributed by atoms with Gasteiger partial charge in [0.25, 0.3) is 0 Å². The standard InChI is InChI=1S/C18H15BrF2N4O2/c1-25-17(13(19)9-22-25)12-7-10(4-6-16(12)27-2)23-18(26)24-11-3-5-14(20)15(21)8-11/h3-9H,1-2H3,(H2,23,24,26). The number of urea groups is 1. The predicted octanol–water partition coefficient (Wildman–Crippen LogP) is 4.78. The van der Waals surface area contributed by atoms with E-state index in [0.717, 1.165) is 27.9 Å². The van der Waals surface area contributed by atoms with Crippen LogP contribution in [0.3, 0.4) is 0 Å². The lowest BCUT2D eigenvalue weighted by atomic mass is 10.1. The summed E-state index contributed by atoms with van der Waals surface area (Å²) in [6.07, 6.45) is 1.66. The molecule has 2 aromatic carbocycles. The van der Waals surface area contributed by atoms with Crippen LogP contribution in [-0.2, 0) is 7.05 Å². The Labute approximate surface area is 162 Å². The van der Waals surface area contributed by atoms with Crippen molar-refractivity contribution in [2.45, 2.75) is 0 Å². The highest BCUT2D eigenvalue weighted by molar-refractivity contribution is 9.10. The van der Waals surface area contributed by atoms with Crippen LogP contribution >= 0.6 is 15.9 Å². The number of aromatic nitrogens is 2. The molecule has 3 rings (SSSR count). The molecule has 140 valence electrons. The topological polar surface area (TPSA) is 68.2 Å². The Kier molecular flexibility index (Phi) is 5.41. The highest BCUT2D eigenvalue weighted by atomic mass is 79.9. The first-order chi connectivity index (χ1) is 12.9. The minimum absolute atomic E-state index is 0.134. The maximum atomic E-state index is 13.3. The van der Waals surface area contributed by atoms with Gasteiger partial charge in [-0.2, -0.15) is 5.10 Å². The molecular weight excluding hydrogens is 422 g/mol. The second kappa shape index (κ2) is 7.75. The second-order valence-electron chi connectivity index (χ2n) is 5.59. The molecule has 1 aromatic heterocycles. The molecule has 0 saturated carbocycles. The van der Waals surface area contributed by atoms with Crippen molar-refractivity contribution in [2.24, 2.45) is 7.05 Å². The van der Waals surface area contributed by atoms with E-state index in [-0.39, 0.29) is 5.69 Å². The van der Waals surface area contributed by atoms with Crippen molar-refractivity contribution in [1.82, 2.24) is 9.78 Å². The number of hydrogen-bond acceptors (Lipinski definition) is 3. The lowest BCUT2D eigenvalue weighted by molar-refractivity contribution is 0.262. The molecule has 6 nitrogen and oxygen atoms in total. The van der Waals surface area contributed by atoms with E-state index in [0.29, 0.717) is 11.4 Å². The van der Waals surface area contributed by atoms with Gasteiger partial charge in [-0.05, 0) is 46.3 Å².